The number of aromatic nitrogens is 2. The summed E-state index contributed by atoms with van der Waals surface area (Å²) in [6.45, 7) is 3.75. The highest BCUT2D eigenvalue weighted by atomic mass is 19.4. The topological polar surface area (TPSA) is 51.8 Å². The molecule has 1 aromatic carbocycles. The summed E-state index contributed by atoms with van der Waals surface area (Å²) in [6.07, 6.45) is -3.63. The van der Waals surface area contributed by atoms with Crippen molar-refractivity contribution in [3.05, 3.63) is 41.1 Å². The van der Waals surface area contributed by atoms with Gasteiger partial charge in [0, 0.05) is 16.8 Å². The Hall–Kier alpha value is -2.11. The van der Waals surface area contributed by atoms with Gasteiger partial charge in [-0.15, -0.1) is 0 Å². The van der Waals surface area contributed by atoms with Gasteiger partial charge >= 0.3 is 6.18 Å². The molecule has 0 spiro atoms. The number of rotatable bonds is 2. The van der Waals surface area contributed by atoms with Gasteiger partial charge < -0.3 is 5.73 Å². The van der Waals surface area contributed by atoms with Crippen molar-refractivity contribution >= 4 is 5.82 Å². The molecule has 3 nitrogen and oxygen atoms in total. The Morgan fingerprint density at radius 3 is 2.15 bits per heavy atom. The van der Waals surface area contributed by atoms with Crippen LogP contribution in [0.3, 0.4) is 0 Å². The van der Waals surface area contributed by atoms with Crippen LogP contribution < -0.4 is 5.73 Å². The standard InChI is InChI=1S/C14H14F3N3/c1-3-11-8(2)19-13(20-12(11)18)9-4-6-10(7-5-9)14(15,16)17/h4-7H,3H2,1-2H3,(H2,18,19,20). The number of nitrogen functional groups attached to an aromatic ring is 1. The van der Waals surface area contributed by atoms with Crippen LogP contribution in [-0.2, 0) is 12.6 Å². The van der Waals surface area contributed by atoms with Crippen LogP contribution in [0.2, 0.25) is 0 Å². The van der Waals surface area contributed by atoms with Gasteiger partial charge in [0.05, 0.1) is 5.56 Å². The minimum Gasteiger partial charge on any atom is -0.383 e. The van der Waals surface area contributed by atoms with Gasteiger partial charge in [-0.25, -0.2) is 9.97 Å². The van der Waals surface area contributed by atoms with E-state index in [2.05, 4.69) is 9.97 Å². The van der Waals surface area contributed by atoms with Crippen molar-refractivity contribution in [1.82, 2.24) is 9.97 Å². The van der Waals surface area contributed by atoms with Gasteiger partial charge in [0.25, 0.3) is 0 Å². The van der Waals surface area contributed by atoms with Crippen molar-refractivity contribution in [2.75, 3.05) is 5.73 Å². The van der Waals surface area contributed by atoms with Crippen molar-refractivity contribution < 1.29 is 13.2 Å². The maximum atomic E-state index is 12.5. The minimum atomic E-state index is -4.35. The zero-order valence-corrected chi connectivity index (χ0v) is 11.1. The summed E-state index contributed by atoms with van der Waals surface area (Å²) in [6, 6.07) is 4.72. The van der Waals surface area contributed by atoms with Gasteiger partial charge in [0.2, 0.25) is 0 Å². The van der Waals surface area contributed by atoms with E-state index in [-0.39, 0.29) is 0 Å². The number of hydrogen-bond donors (Lipinski definition) is 1. The summed E-state index contributed by atoms with van der Waals surface area (Å²) >= 11 is 0. The first-order chi connectivity index (χ1) is 9.32. The van der Waals surface area contributed by atoms with E-state index in [1.807, 2.05) is 13.8 Å². The predicted molar refractivity (Wildman–Crippen MR) is 71.0 cm³/mol. The Morgan fingerprint density at radius 1 is 1.10 bits per heavy atom. The van der Waals surface area contributed by atoms with E-state index in [1.54, 1.807) is 0 Å². The minimum absolute atomic E-state index is 0.339. The number of benzene rings is 1. The number of aryl methyl sites for hydroxylation is 1. The highest BCUT2D eigenvalue weighted by Gasteiger charge is 2.30. The summed E-state index contributed by atoms with van der Waals surface area (Å²) in [5.74, 6) is 0.709. The molecule has 1 aromatic heterocycles. The van der Waals surface area contributed by atoms with Crippen LogP contribution in [-0.4, -0.2) is 9.97 Å². The van der Waals surface area contributed by atoms with Crippen LogP contribution >= 0.6 is 0 Å². The molecule has 0 unspecified atom stereocenters. The summed E-state index contributed by atoms with van der Waals surface area (Å²) in [5, 5.41) is 0. The SMILES string of the molecule is CCc1c(C)nc(-c2ccc(C(F)(F)F)cc2)nc1N. The lowest BCUT2D eigenvalue weighted by Crippen LogP contribution is -2.06. The van der Waals surface area contributed by atoms with Crippen LogP contribution in [0.15, 0.2) is 24.3 Å². The first-order valence-corrected chi connectivity index (χ1v) is 6.13. The molecule has 2 aromatic rings. The van der Waals surface area contributed by atoms with Crippen LogP contribution in [0, 0.1) is 6.92 Å². The molecule has 0 saturated carbocycles. The molecule has 0 aliphatic heterocycles. The molecule has 0 aliphatic carbocycles. The molecule has 106 valence electrons. The molecule has 0 aliphatic rings. The molecule has 20 heavy (non-hydrogen) atoms. The number of nitrogens with zero attached hydrogens (tertiary/aromatic N) is 2. The lowest BCUT2D eigenvalue weighted by atomic mass is 10.1. The first-order valence-electron chi connectivity index (χ1n) is 6.13. The van der Waals surface area contributed by atoms with Gasteiger partial charge in [-0.05, 0) is 25.5 Å². The molecule has 2 rings (SSSR count). The molecule has 0 fully saturated rings. The lowest BCUT2D eigenvalue weighted by Gasteiger charge is -2.10. The molecule has 0 atom stereocenters. The highest BCUT2D eigenvalue weighted by Crippen LogP contribution is 2.30. The number of alkyl halides is 3. The molecule has 6 heteroatoms. The Balaban J connectivity index is 2.42. The average molecular weight is 281 g/mol. The van der Waals surface area contributed by atoms with E-state index >= 15 is 0 Å². The zero-order chi connectivity index (χ0) is 14.9. The zero-order valence-electron chi connectivity index (χ0n) is 11.1. The van der Waals surface area contributed by atoms with Gasteiger partial charge in [0.1, 0.15) is 5.82 Å². The average Bonchev–Trinajstić information content (AvgIpc) is 2.37. The highest BCUT2D eigenvalue weighted by molar-refractivity contribution is 5.59. The van der Waals surface area contributed by atoms with E-state index < -0.39 is 11.7 Å². The maximum Gasteiger partial charge on any atom is 0.416 e. The number of hydrogen-bond acceptors (Lipinski definition) is 3. The fraction of sp³-hybridized carbons (Fsp3) is 0.286. The first kappa shape index (κ1) is 14.3. The molecule has 1 heterocycles. The van der Waals surface area contributed by atoms with Gasteiger partial charge in [-0.1, -0.05) is 19.1 Å². The summed E-state index contributed by atoms with van der Waals surface area (Å²) in [4.78, 5) is 8.45. The van der Waals surface area contributed by atoms with Crippen LogP contribution in [0.1, 0.15) is 23.7 Å². The fourth-order valence-corrected chi connectivity index (χ4v) is 1.99. The lowest BCUT2D eigenvalue weighted by molar-refractivity contribution is -0.137. The fourth-order valence-electron chi connectivity index (χ4n) is 1.99. The summed E-state index contributed by atoms with van der Waals surface area (Å²) < 4.78 is 37.5. The third-order valence-corrected chi connectivity index (χ3v) is 3.07. The smallest absolute Gasteiger partial charge is 0.383 e. The number of anilines is 1. The van der Waals surface area contributed by atoms with Crippen LogP contribution in [0.25, 0.3) is 11.4 Å². The van der Waals surface area contributed by atoms with Crippen molar-refractivity contribution in [1.29, 1.82) is 0 Å². The van der Waals surface area contributed by atoms with Crippen molar-refractivity contribution in [3.8, 4) is 11.4 Å². The predicted octanol–water partition coefficient (Wildman–Crippen LogP) is 3.62. The van der Waals surface area contributed by atoms with Crippen molar-refractivity contribution in [2.24, 2.45) is 0 Å². The van der Waals surface area contributed by atoms with Crippen molar-refractivity contribution in [3.63, 3.8) is 0 Å². The molecule has 0 bridgehead atoms. The molecule has 0 amide bonds. The third kappa shape index (κ3) is 2.74. The van der Waals surface area contributed by atoms with Gasteiger partial charge in [0.15, 0.2) is 5.82 Å². The van der Waals surface area contributed by atoms with Crippen molar-refractivity contribution in [2.45, 2.75) is 26.4 Å². The summed E-state index contributed by atoms with van der Waals surface area (Å²) in [7, 11) is 0. The second kappa shape index (κ2) is 5.11. The van der Waals surface area contributed by atoms with E-state index in [0.29, 0.717) is 23.6 Å². The van der Waals surface area contributed by atoms with E-state index in [0.717, 1.165) is 23.4 Å². The van der Waals surface area contributed by atoms with E-state index in [1.165, 1.54) is 12.1 Å². The number of halogens is 3. The molecular formula is C14H14F3N3. The third-order valence-electron chi connectivity index (χ3n) is 3.07. The van der Waals surface area contributed by atoms with Crippen LogP contribution in [0.4, 0.5) is 19.0 Å². The largest absolute Gasteiger partial charge is 0.416 e. The van der Waals surface area contributed by atoms with E-state index in [9.17, 15) is 13.2 Å². The second-order valence-electron chi connectivity index (χ2n) is 4.43. The molecule has 2 N–H and O–H groups in total. The van der Waals surface area contributed by atoms with Crippen LogP contribution in [0.5, 0.6) is 0 Å². The monoisotopic (exact) mass is 281 g/mol. The number of nitrogens with two attached hydrogens (primary N) is 1. The quantitative estimate of drug-likeness (QED) is 0.914. The molecule has 0 saturated heterocycles. The Kier molecular flexibility index (Phi) is 3.65. The summed E-state index contributed by atoms with van der Waals surface area (Å²) in [5.41, 5.74) is 7.26. The van der Waals surface area contributed by atoms with E-state index in [4.69, 9.17) is 5.73 Å². The molecule has 0 radical (unpaired) electrons. The Morgan fingerprint density at radius 2 is 1.70 bits per heavy atom. The second-order valence-corrected chi connectivity index (χ2v) is 4.43. The van der Waals surface area contributed by atoms with Gasteiger partial charge in [-0.3, -0.25) is 0 Å². The molecular weight excluding hydrogens is 267 g/mol. The Bertz CT molecular complexity index is 596. The van der Waals surface area contributed by atoms with Gasteiger partial charge in [-0.2, -0.15) is 13.2 Å². The Labute approximate surface area is 114 Å². The normalized spacial score (nSPS) is 11.7. The maximum absolute atomic E-state index is 12.5.